The number of carbonyl (C=O) groups excluding carboxylic acids is 3. The minimum absolute atomic E-state index is 0.0518. The van der Waals surface area contributed by atoms with E-state index in [1.807, 2.05) is 11.0 Å². The summed E-state index contributed by atoms with van der Waals surface area (Å²) in [6.45, 7) is 7.36. The summed E-state index contributed by atoms with van der Waals surface area (Å²) in [5, 5.41) is 3.42. The van der Waals surface area contributed by atoms with Crippen molar-refractivity contribution in [1.82, 2.24) is 25.1 Å². The van der Waals surface area contributed by atoms with E-state index in [0.717, 1.165) is 24.2 Å². The molecule has 0 radical (unpaired) electrons. The van der Waals surface area contributed by atoms with Gasteiger partial charge in [-0.2, -0.15) is 0 Å². The second-order valence-electron chi connectivity index (χ2n) is 14.3. The molecule has 2 aromatic rings. The third kappa shape index (κ3) is 5.50. The van der Waals surface area contributed by atoms with Gasteiger partial charge < -0.3 is 19.9 Å². The normalized spacial score (nSPS) is 28.5. The molecule has 2 aromatic heterocycles. The lowest BCUT2D eigenvalue weighted by Crippen LogP contribution is -2.64. The van der Waals surface area contributed by atoms with Crippen LogP contribution in [0.3, 0.4) is 0 Å². The number of ether oxygens (including phenoxy) is 1. The molecule has 9 nitrogen and oxygen atoms in total. The molecular weight excluding hydrogens is 562 g/mol. The van der Waals surface area contributed by atoms with Crippen LogP contribution in [0.25, 0.3) is 0 Å². The number of aromatic nitrogens is 2. The molecule has 230 valence electrons. The van der Waals surface area contributed by atoms with Crippen LogP contribution in [0, 0.1) is 28.6 Å². The van der Waals surface area contributed by atoms with Crippen LogP contribution in [0.2, 0.25) is 0 Å². The Hall–Kier alpha value is -2.85. The first-order valence-corrected chi connectivity index (χ1v) is 16.9. The molecule has 1 N–H and O–H groups in total. The third-order valence-electron chi connectivity index (χ3n) is 10.9. The first kappa shape index (κ1) is 28.9. The van der Waals surface area contributed by atoms with E-state index in [-0.39, 0.29) is 41.0 Å². The maximum Gasteiger partial charge on any atom is 0.265 e. The fraction of sp³-hybridized carbons (Fsp3) is 0.667. The van der Waals surface area contributed by atoms with Gasteiger partial charge in [0.15, 0.2) is 0 Å². The summed E-state index contributed by atoms with van der Waals surface area (Å²) in [7, 11) is 0. The van der Waals surface area contributed by atoms with Crippen LogP contribution in [0.15, 0.2) is 29.9 Å². The zero-order valence-electron chi connectivity index (χ0n) is 25.3. The van der Waals surface area contributed by atoms with Gasteiger partial charge in [-0.15, -0.1) is 11.3 Å². The minimum Gasteiger partial charge on any atom is -0.381 e. The fourth-order valence-corrected chi connectivity index (χ4v) is 8.62. The Morgan fingerprint density at radius 2 is 1.81 bits per heavy atom. The third-order valence-corrected chi connectivity index (χ3v) is 11.7. The van der Waals surface area contributed by atoms with Gasteiger partial charge in [0.1, 0.15) is 4.88 Å². The molecule has 3 saturated heterocycles. The van der Waals surface area contributed by atoms with Crippen LogP contribution in [-0.2, 0) is 14.3 Å². The van der Waals surface area contributed by atoms with Crippen molar-refractivity contribution in [2.75, 3.05) is 39.4 Å². The van der Waals surface area contributed by atoms with E-state index in [1.165, 1.54) is 43.4 Å². The molecule has 1 spiro atoms. The van der Waals surface area contributed by atoms with Crippen molar-refractivity contribution in [3.05, 3.63) is 46.2 Å². The van der Waals surface area contributed by atoms with Crippen molar-refractivity contribution in [3.8, 4) is 0 Å². The van der Waals surface area contributed by atoms with Crippen LogP contribution in [0.4, 0.5) is 0 Å². The highest BCUT2D eigenvalue weighted by molar-refractivity contribution is 7.11. The predicted octanol–water partition coefficient (Wildman–Crippen LogP) is 4.43. The number of amides is 3. The van der Waals surface area contributed by atoms with E-state index >= 15 is 0 Å². The molecule has 7 rings (SSSR count). The summed E-state index contributed by atoms with van der Waals surface area (Å²) in [6.07, 6.45) is 9.49. The summed E-state index contributed by atoms with van der Waals surface area (Å²) in [4.78, 5) is 54.5. The average molecular weight is 606 g/mol. The Morgan fingerprint density at radius 3 is 2.49 bits per heavy atom. The monoisotopic (exact) mass is 605 g/mol. The molecule has 43 heavy (non-hydrogen) atoms. The molecule has 5 heterocycles. The summed E-state index contributed by atoms with van der Waals surface area (Å²) >= 11 is 1.32. The Balaban J connectivity index is 1.13. The Morgan fingerprint density at radius 1 is 1.05 bits per heavy atom. The molecule has 2 unspecified atom stereocenters. The maximum atomic E-state index is 14.3. The second kappa shape index (κ2) is 11.3. The van der Waals surface area contributed by atoms with Crippen molar-refractivity contribution in [2.45, 2.75) is 70.8 Å². The fourth-order valence-electron chi connectivity index (χ4n) is 8.03. The number of thiazole rings is 1. The van der Waals surface area contributed by atoms with E-state index in [1.54, 1.807) is 16.6 Å². The summed E-state index contributed by atoms with van der Waals surface area (Å²) in [6, 6.07) is 6.01. The quantitative estimate of drug-likeness (QED) is 0.501. The van der Waals surface area contributed by atoms with Crippen LogP contribution in [-0.4, -0.2) is 76.9 Å². The molecule has 0 bridgehead atoms. The smallest absolute Gasteiger partial charge is 0.265 e. The molecule has 2 aliphatic carbocycles. The lowest BCUT2D eigenvalue weighted by atomic mass is 9.70. The minimum atomic E-state index is -0.451. The highest BCUT2D eigenvalue weighted by Crippen LogP contribution is 2.55. The molecule has 4 atom stereocenters. The average Bonchev–Trinajstić information content (AvgIpc) is 3.56. The van der Waals surface area contributed by atoms with Gasteiger partial charge in [-0.1, -0.05) is 39.2 Å². The number of hydrogen-bond donors (Lipinski definition) is 1. The van der Waals surface area contributed by atoms with Crippen molar-refractivity contribution >= 4 is 29.1 Å². The summed E-state index contributed by atoms with van der Waals surface area (Å²) < 4.78 is 5.78. The summed E-state index contributed by atoms with van der Waals surface area (Å²) in [5.74, 6) is 0.306. The molecule has 2 saturated carbocycles. The van der Waals surface area contributed by atoms with Crippen molar-refractivity contribution in [2.24, 2.45) is 28.6 Å². The standard InChI is InChI=1S/C33H43N5O4S/c1-32(2)13-23(32)30(40)38-18-33(19-38)17-37(31(41)27-14-34-20-43-27)15-24(33)29(39)36-28(22-11-12-42-16-22)26-10-6-9-25(35-26)21-7-4-3-5-8-21/h6,9-10,14,20-24,28H,3-5,7-8,11-13,15-19H2,1-2H3,(H,36,39)/t22?,23-,24+,28?/m1/s1. The lowest BCUT2D eigenvalue weighted by Gasteiger charge is -2.50. The first-order chi connectivity index (χ1) is 20.7. The molecule has 5 fully saturated rings. The number of hydrogen-bond acceptors (Lipinski definition) is 7. The van der Waals surface area contributed by atoms with E-state index in [2.05, 4.69) is 36.3 Å². The lowest BCUT2D eigenvalue weighted by molar-refractivity contribution is -0.151. The van der Waals surface area contributed by atoms with E-state index in [9.17, 15) is 14.4 Å². The predicted molar refractivity (Wildman–Crippen MR) is 162 cm³/mol. The van der Waals surface area contributed by atoms with Crippen LogP contribution in [0.1, 0.15) is 91.8 Å². The van der Waals surface area contributed by atoms with Gasteiger partial charge in [-0.3, -0.25) is 24.4 Å². The zero-order chi connectivity index (χ0) is 29.8. The SMILES string of the molecule is CC1(C)C[C@@H]1C(=O)N1CC2(CN(C(=O)c3cncs3)C[C@H]2C(=O)NC(c2cccc(C3CCCCC3)n2)C2CCOC2)C1. The van der Waals surface area contributed by atoms with E-state index in [4.69, 9.17) is 9.72 Å². The molecule has 3 amide bonds. The van der Waals surface area contributed by atoms with Crippen LogP contribution in [0.5, 0.6) is 0 Å². The van der Waals surface area contributed by atoms with E-state index < -0.39 is 11.3 Å². The zero-order valence-corrected chi connectivity index (χ0v) is 26.1. The number of rotatable bonds is 7. The molecular formula is C33H43N5O4S. The number of nitrogens with one attached hydrogen (secondary N) is 1. The highest BCUT2D eigenvalue weighted by Gasteiger charge is 2.62. The van der Waals surface area contributed by atoms with E-state index in [0.29, 0.717) is 50.2 Å². The van der Waals surface area contributed by atoms with Crippen molar-refractivity contribution < 1.29 is 19.1 Å². The Labute approximate surface area is 257 Å². The highest BCUT2D eigenvalue weighted by atomic mass is 32.1. The topological polar surface area (TPSA) is 105 Å². The molecule has 5 aliphatic rings. The van der Waals surface area contributed by atoms with Gasteiger partial charge in [0.05, 0.1) is 36.0 Å². The van der Waals surface area contributed by atoms with Gasteiger partial charge in [0, 0.05) is 61.6 Å². The molecule has 0 aromatic carbocycles. The number of carbonyl (C=O) groups is 3. The Kier molecular flexibility index (Phi) is 7.56. The molecule has 3 aliphatic heterocycles. The first-order valence-electron chi connectivity index (χ1n) is 16.1. The van der Waals surface area contributed by atoms with Gasteiger partial charge in [0.25, 0.3) is 5.91 Å². The van der Waals surface area contributed by atoms with Gasteiger partial charge in [-0.05, 0) is 43.2 Å². The Bertz CT molecular complexity index is 1360. The number of likely N-dealkylation sites (tertiary alicyclic amines) is 2. The second-order valence-corrected chi connectivity index (χ2v) is 15.2. The number of nitrogens with zero attached hydrogens (tertiary/aromatic N) is 4. The van der Waals surface area contributed by atoms with Crippen molar-refractivity contribution in [1.29, 1.82) is 0 Å². The van der Waals surface area contributed by atoms with Gasteiger partial charge in [-0.25, -0.2) is 0 Å². The number of pyridine rings is 1. The van der Waals surface area contributed by atoms with Gasteiger partial charge >= 0.3 is 0 Å². The molecule has 10 heteroatoms. The van der Waals surface area contributed by atoms with Crippen LogP contribution < -0.4 is 5.32 Å². The maximum absolute atomic E-state index is 14.3. The summed E-state index contributed by atoms with van der Waals surface area (Å²) in [5.41, 5.74) is 3.29. The van der Waals surface area contributed by atoms with Crippen molar-refractivity contribution in [3.63, 3.8) is 0 Å². The largest absolute Gasteiger partial charge is 0.381 e. The van der Waals surface area contributed by atoms with Gasteiger partial charge in [0.2, 0.25) is 11.8 Å². The van der Waals surface area contributed by atoms with Crippen LogP contribution >= 0.6 is 11.3 Å².